The molecule has 0 aliphatic rings. The van der Waals surface area contributed by atoms with Crippen LogP contribution < -0.4 is 9.47 Å². The van der Waals surface area contributed by atoms with E-state index < -0.39 is 5.82 Å². The van der Waals surface area contributed by atoms with E-state index in [1.54, 1.807) is 26.3 Å². The summed E-state index contributed by atoms with van der Waals surface area (Å²) in [6.45, 7) is 0.247. The first-order chi connectivity index (χ1) is 10.6. The van der Waals surface area contributed by atoms with Crippen molar-refractivity contribution in [1.29, 1.82) is 0 Å². The van der Waals surface area contributed by atoms with Gasteiger partial charge in [0.2, 0.25) is 0 Å². The zero-order valence-corrected chi connectivity index (χ0v) is 12.6. The van der Waals surface area contributed by atoms with Crippen LogP contribution in [0.15, 0.2) is 48.5 Å². The van der Waals surface area contributed by atoms with E-state index in [9.17, 15) is 9.18 Å². The first kappa shape index (κ1) is 15.8. The van der Waals surface area contributed by atoms with Crippen LogP contribution in [0.1, 0.15) is 5.56 Å². The summed E-state index contributed by atoms with van der Waals surface area (Å²) in [5, 5.41) is 0. The third kappa shape index (κ3) is 4.22. The third-order valence-corrected chi connectivity index (χ3v) is 3.19. The molecule has 0 bridgehead atoms. The second-order valence-electron chi connectivity index (χ2n) is 4.82. The van der Waals surface area contributed by atoms with Crippen LogP contribution in [0.5, 0.6) is 11.5 Å². The fourth-order valence-electron chi connectivity index (χ4n) is 1.90. The van der Waals surface area contributed by atoms with Gasteiger partial charge in [0.1, 0.15) is 5.75 Å². The molecule has 0 N–H and O–H groups in total. The number of ether oxygens (including phenoxy) is 2. The standard InChI is InChI=1S/C17H18FNO3/c1-19(11-13-7-9-14(21-2)10-8-13)17(20)12-22-16-6-4-3-5-15(16)18/h3-10H,11-12H2,1-2H3. The Morgan fingerprint density at radius 2 is 1.82 bits per heavy atom. The largest absolute Gasteiger partial charge is 0.497 e. The molecule has 0 saturated carbocycles. The highest BCUT2D eigenvalue weighted by molar-refractivity contribution is 5.77. The zero-order valence-electron chi connectivity index (χ0n) is 12.6. The van der Waals surface area contributed by atoms with Gasteiger partial charge in [0.05, 0.1) is 7.11 Å². The minimum atomic E-state index is -0.479. The smallest absolute Gasteiger partial charge is 0.260 e. The molecule has 0 radical (unpaired) electrons. The lowest BCUT2D eigenvalue weighted by molar-refractivity contribution is -0.132. The maximum Gasteiger partial charge on any atom is 0.260 e. The van der Waals surface area contributed by atoms with Gasteiger partial charge in [0, 0.05) is 13.6 Å². The number of carbonyl (C=O) groups excluding carboxylic acids is 1. The van der Waals surface area contributed by atoms with E-state index in [2.05, 4.69) is 0 Å². The first-order valence-corrected chi connectivity index (χ1v) is 6.84. The molecule has 0 saturated heterocycles. The monoisotopic (exact) mass is 303 g/mol. The fourth-order valence-corrected chi connectivity index (χ4v) is 1.90. The molecule has 0 spiro atoms. The van der Waals surface area contributed by atoms with Gasteiger partial charge in [-0.2, -0.15) is 0 Å². The van der Waals surface area contributed by atoms with Gasteiger partial charge >= 0.3 is 0 Å². The highest BCUT2D eigenvalue weighted by Gasteiger charge is 2.11. The number of hydrogen-bond donors (Lipinski definition) is 0. The zero-order chi connectivity index (χ0) is 15.9. The lowest BCUT2D eigenvalue weighted by Crippen LogP contribution is -2.31. The summed E-state index contributed by atoms with van der Waals surface area (Å²) < 4.78 is 23.7. The molecule has 2 rings (SSSR count). The van der Waals surface area contributed by atoms with Crippen LogP contribution in [0.25, 0.3) is 0 Å². The van der Waals surface area contributed by atoms with Crippen molar-refractivity contribution in [3.63, 3.8) is 0 Å². The number of halogens is 1. The fraction of sp³-hybridized carbons (Fsp3) is 0.235. The van der Waals surface area contributed by atoms with Gasteiger partial charge < -0.3 is 14.4 Å². The molecule has 0 aliphatic heterocycles. The number of amides is 1. The van der Waals surface area contributed by atoms with Crippen molar-refractivity contribution < 1.29 is 18.7 Å². The Balaban J connectivity index is 1.87. The summed E-state index contributed by atoms with van der Waals surface area (Å²) in [6.07, 6.45) is 0. The van der Waals surface area contributed by atoms with Crippen molar-refractivity contribution in [3.8, 4) is 11.5 Å². The van der Waals surface area contributed by atoms with Crippen LogP contribution >= 0.6 is 0 Å². The van der Waals surface area contributed by atoms with Gasteiger partial charge in [-0.3, -0.25) is 4.79 Å². The first-order valence-electron chi connectivity index (χ1n) is 6.84. The molecule has 2 aromatic rings. The molecule has 5 heteroatoms. The quantitative estimate of drug-likeness (QED) is 0.823. The molecule has 0 aliphatic carbocycles. The summed E-state index contributed by atoms with van der Waals surface area (Å²) in [7, 11) is 3.28. The molecule has 0 heterocycles. The number of benzene rings is 2. The summed E-state index contributed by atoms with van der Waals surface area (Å²) in [5.41, 5.74) is 0.975. The van der Waals surface area contributed by atoms with Gasteiger partial charge in [-0.1, -0.05) is 24.3 Å². The number of hydrogen-bond acceptors (Lipinski definition) is 3. The Morgan fingerprint density at radius 3 is 2.45 bits per heavy atom. The third-order valence-electron chi connectivity index (χ3n) is 3.19. The molecule has 0 fully saturated rings. The predicted molar refractivity (Wildman–Crippen MR) is 81.4 cm³/mol. The Labute approximate surface area is 129 Å². The van der Waals surface area contributed by atoms with E-state index in [-0.39, 0.29) is 18.3 Å². The lowest BCUT2D eigenvalue weighted by atomic mass is 10.2. The maximum absolute atomic E-state index is 13.4. The molecule has 0 unspecified atom stereocenters. The van der Waals surface area contributed by atoms with E-state index in [1.807, 2.05) is 24.3 Å². The molecule has 2 aromatic carbocycles. The van der Waals surface area contributed by atoms with Crippen LogP contribution in [0, 0.1) is 5.82 Å². The van der Waals surface area contributed by atoms with Crippen molar-refractivity contribution in [2.24, 2.45) is 0 Å². The van der Waals surface area contributed by atoms with Gasteiger partial charge in [-0.05, 0) is 29.8 Å². The van der Waals surface area contributed by atoms with E-state index in [0.717, 1.165) is 11.3 Å². The molecule has 0 aromatic heterocycles. The average molecular weight is 303 g/mol. The number of rotatable bonds is 6. The summed E-state index contributed by atoms with van der Waals surface area (Å²) >= 11 is 0. The van der Waals surface area contributed by atoms with Gasteiger partial charge in [0.15, 0.2) is 18.2 Å². The van der Waals surface area contributed by atoms with Gasteiger partial charge in [-0.15, -0.1) is 0 Å². The van der Waals surface area contributed by atoms with E-state index in [1.165, 1.54) is 17.0 Å². The van der Waals surface area contributed by atoms with E-state index in [0.29, 0.717) is 6.54 Å². The topological polar surface area (TPSA) is 38.8 Å². The maximum atomic E-state index is 13.4. The Hall–Kier alpha value is -2.56. The molecule has 22 heavy (non-hydrogen) atoms. The second-order valence-corrected chi connectivity index (χ2v) is 4.82. The Morgan fingerprint density at radius 1 is 1.14 bits per heavy atom. The van der Waals surface area contributed by atoms with Gasteiger partial charge in [-0.25, -0.2) is 4.39 Å². The molecular formula is C17H18FNO3. The number of methoxy groups -OCH3 is 1. The normalized spacial score (nSPS) is 10.1. The SMILES string of the molecule is COc1ccc(CN(C)C(=O)COc2ccccc2F)cc1. The van der Waals surface area contributed by atoms with Crippen molar-refractivity contribution >= 4 is 5.91 Å². The number of likely N-dealkylation sites (N-methyl/N-ethyl adjacent to an activating group) is 1. The minimum absolute atomic E-state index is 0.0775. The molecular weight excluding hydrogens is 285 g/mol. The highest BCUT2D eigenvalue weighted by atomic mass is 19.1. The van der Waals surface area contributed by atoms with Gasteiger partial charge in [0.25, 0.3) is 5.91 Å². The van der Waals surface area contributed by atoms with Crippen LogP contribution in [0.3, 0.4) is 0 Å². The second kappa shape index (κ2) is 7.45. The lowest BCUT2D eigenvalue weighted by Gasteiger charge is -2.18. The number of para-hydroxylation sites is 1. The predicted octanol–water partition coefficient (Wildman–Crippen LogP) is 2.87. The van der Waals surface area contributed by atoms with Crippen molar-refractivity contribution in [2.75, 3.05) is 20.8 Å². The molecule has 4 nitrogen and oxygen atoms in total. The van der Waals surface area contributed by atoms with Crippen LogP contribution in [0.2, 0.25) is 0 Å². The van der Waals surface area contributed by atoms with Crippen LogP contribution in [0.4, 0.5) is 4.39 Å². The number of carbonyl (C=O) groups is 1. The highest BCUT2D eigenvalue weighted by Crippen LogP contribution is 2.16. The van der Waals surface area contributed by atoms with Crippen LogP contribution in [-0.2, 0) is 11.3 Å². The van der Waals surface area contributed by atoms with E-state index >= 15 is 0 Å². The van der Waals surface area contributed by atoms with Crippen LogP contribution in [-0.4, -0.2) is 31.6 Å². The van der Waals surface area contributed by atoms with Crippen molar-refractivity contribution in [1.82, 2.24) is 4.90 Å². The van der Waals surface area contributed by atoms with E-state index in [4.69, 9.17) is 9.47 Å². The summed E-state index contributed by atoms with van der Waals surface area (Å²) in [4.78, 5) is 13.5. The molecule has 0 atom stereocenters. The number of nitrogens with zero attached hydrogens (tertiary/aromatic N) is 1. The van der Waals surface area contributed by atoms with Crippen molar-refractivity contribution in [3.05, 3.63) is 59.9 Å². The Kier molecular flexibility index (Phi) is 5.36. The minimum Gasteiger partial charge on any atom is -0.497 e. The Bertz CT molecular complexity index is 628. The molecule has 1 amide bonds. The molecule has 116 valence electrons. The summed E-state index contributed by atoms with van der Waals surface area (Å²) in [6, 6.07) is 13.5. The van der Waals surface area contributed by atoms with Crippen molar-refractivity contribution in [2.45, 2.75) is 6.54 Å². The summed E-state index contributed by atoms with van der Waals surface area (Å²) in [5.74, 6) is 0.140. The average Bonchev–Trinajstić information content (AvgIpc) is 2.54.